The number of piperidine rings is 1. The van der Waals surface area contributed by atoms with E-state index < -0.39 is 28.3 Å². The lowest BCUT2D eigenvalue weighted by atomic mass is 9.78. The molecule has 0 atom stereocenters. The molecule has 1 N–H and O–H groups in total. The van der Waals surface area contributed by atoms with Crippen molar-refractivity contribution in [2.75, 3.05) is 29.8 Å². The molecule has 2 saturated heterocycles. The van der Waals surface area contributed by atoms with Gasteiger partial charge in [0, 0.05) is 13.1 Å². The summed E-state index contributed by atoms with van der Waals surface area (Å²) in [6.07, 6.45) is 4.05. The Morgan fingerprint density at radius 3 is 2.19 bits per heavy atom. The van der Waals surface area contributed by atoms with Crippen molar-refractivity contribution >= 4 is 40.5 Å². The molecule has 0 radical (unpaired) electrons. The second-order valence-corrected chi connectivity index (χ2v) is 12.0. The number of carbonyl (C=O) groups excluding carboxylic acids is 1. The molecular weight excluding hydrogens is 491 g/mol. The van der Waals surface area contributed by atoms with Crippen LogP contribution in [-0.2, 0) is 35.3 Å². The number of benzene rings is 2. The SMILES string of the molecule is CCc1ccccc1S(=O)(=O)Nc1cc(B2OC(C)(C)C(C)(C)O2)ccc1N1CCCCC1.COC=O. The van der Waals surface area contributed by atoms with Crippen molar-refractivity contribution < 1.29 is 27.3 Å². The molecule has 202 valence electrons. The van der Waals surface area contributed by atoms with E-state index >= 15 is 0 Å². The first-order valence-corrected chi connectivity index (χ1v) is 14.3. The molecule has 0 amide bonds. The third-order valence-corrected chi connectivity index (χ3v) is 8.69. The van der Waals surface area contributed by atoms with Crippen LogP contribution in [0.5, 0.6) is 0 Å². The topological polar surface area (TPSA) is 94.2 Å². The fourth-order valence-electron chi connectivity index (χ4n) is 4.43. The normalized spacial score (nSPS) is 18.5. The van der Waals surface area contributed by atoms with Gasteiger partial charge in [0.05, 0.1) is 34.6 Å². The van der Waals surface area contributed by atoms with Crippen LogP contribution in [0, 0.1) is 0 Å². The Morgan fingerprint density at radius 1 is 1.03 bits per heavy atom. The van der Waals surface area contributed by atoms with E-state index in [0.717, 1.165) is 42.6 Å². The first-order chi connectivity index (χ1) is 17.5. The second kappa shape index (κ2) is 11.9. The van der Waals surface area contributed by atoms with Gasteiger partial charge in [-0.25, -0.2) is 8.42 Å². The molecule has 0 aliphatic carbocycles. The Bertz CT molecular complexity index is 1160. The summed E-state index contributed by atoms with van der Waals surface area (Å²) < 4.78 is 46.1. The molecule has 10 heteroatoms. The number of ether oxygens (including phenoxy) is 1. The van der Waals surface area contributed by atoms with E-state index in [9.17, 15) is 8.42 Å². The minimum atomic E-state index is -3.76. The van der Waals surface area contributed by atoms with Gasteiger partial charge >= 0.3 is 7.12 Å². The smallest absolute Gasteiger partial charge is 0.471 e. The zero-order valence-electron chi connectivity index (χ0n) is 22.7. The summed E-state index contributed by atoms with van der Waals surface area (Å²) in [4.78, 5) is 11.5. The number of anilines is 2. The van der Waals surface area contributed by atoms with Crippen LogP contribution in [0.25, 0.3) is 0 Å². The predicted octanol–water partition coefficient (Wildman–Crippen LogP) is 4.13. The highest BCUT2D eigenvalue weighted by atomic mass is 32.2. The molecule has 0 spiro atoms. The summed E-state index contributed by atoms with van der Waals surface area (Å²) >= 11 is 0. The van der Waals surface area contributed by atoms with Crippen LogP contribution in [-0.4, -0.2) is 53.4 Å². The van der Waals surface area contributed by atoms with Crippen LogP contribution in [0.4, 0.5) is 11.4 Å². The number of hydrogen-bond acceptors (Lipinski definition) is 7. The molecule has 2 fully saturated rings. The molecule has 8 nitrogen and oxygen atoms in total. The van der Waals surface area contributed by atoms with Crippen molar-refractivity contribution in [3.05, 3.63) is 48.0 Å². The molecule has 2 heterocycles. The van der Waals surface area contributed by atoms with Crippen LogP contribution in [0.1, 0.15) is 59.4 Å². The average Bonchev–Trinajstić information content (AvgIpc) is 3.11. The van der Waals surface area contributed by atoms with E-state index in [2.05, 4.69) is 14.4 Å². The maximum absolute atomic E-state index is 13.5. The minimum absolute atomic E-state index is 0.318. The molecule has 2 aromatic rings. The number of sulfonamides is 1. The molecule has 2 aliphatic rings. The molecule has 0 aromatic heterocycles. The van der Waals surface area contributed by atoms with E-state index in [0.29, 0.717) is 23.5 Å². The van der Waals surface area contributed by atoms with E-state index in [-0.39, 0.29) is 0 Å². The highest BCUT2D eigenvalue weighted by Gasteiger charge is 2.51. The maximum Gasteiger partial charge on any atom is 0.494 e. The molecule has 4 rings (SSSR count). The number of methoxy groups -OCH3 is 1. The molecular formula is C27H39BN2O6S. The van der Waals surface area contributed by atoms with Crippen molar-refractivity contribution in [1.82, 2.24) is 0 Å². The summed E-state index contributed by atoms with van der Waals surface area (Å²) in [5.41, 5.74) is 2.12. The molecule has 0 saturated carbocycles. The van der Waals surface area contributed by atoms with Gasteiger partial charge < -0.3 is 18.9 Å². The fourth-order valence-corrected chi connectivity index (χ4v) is 5.81. The first-order valence-electron chi connectivity index (χ1n) is 12.8. The van der Waals surface area contributed by atoms with Crippen molar-refractivity contribution in [2.45, 2.75) is 76.4 Å². The Balaban J connectivity index is 0.000000886. The Kier molecular flexibility index (Phi) is 9.31. The van der Waals surface area contributed by atoms with Crippen molar-refractivity contribution in [2.24, 2.45) is 0 Å². The second-order valence-electron chi connectivity index (χ2n) is 10.3. The zero-order valence-corrected chi connectivity index (χ0v) is 23.6. The van der Waals surface area contributed by atoms with Crippen molar-refractivity contribution in [3.63, 3.8) is 0 Å². The van der Waals surface area contributed by atoms with Gasteiger partial charge in [0.25, 0.3) is 16.5 Å². The summed E-state index contributed by atoms with van der Waals surface area (Å²) in [5.74, 6) is 0. The van der Waals surface area contributed by atoms with Crippen LogP contribution in [0.15, 0.2) is 47.4 Å². The first kappa shape index (κ1) is 29.0. The van der Waals surface area contributed by atoms with Gasteiger partial charge in [-0.15, -0.1) is 0 Å². The summed E-state index contributed by atoms with van der Waals surface area (Å²) in [6.45, 7) is 12.2. The van der Waals surface area contributed by atoms with Gasteiger partial charge in [0.2, 0.25) is 0 Å². The van der Waals surface area contributed by atoms with Crippen molar-refractivity contribution in [3.8, 4) is 0 Å². The van der Waals surface area contributed by atoms with E-state index in [1.54, 1.807) is 12.1 Å². The van der Waals surface area contributed by atoms with E-state index in [1.807, 2.05) is 65.0 Å². The lowest BCUT2D eigenvalue weighted by molar-refractivity contribution is -0.126. The van der Waals surface area contributed by atoms with Gasteiger partial charge in [-0.2, -0.15) is 0 Å². The van der Waals surface area contributed by atoms with Crippen LogP contribution >= 0.6 is 0 Å². The maximum atomic E-state index is 13.5. The number of nitrogens with one attached hydrogen (secondary N) is 1. The quantitative estimate of drug-likeness (QED) is 0.425. The Hall–Kier alpha value is -2.56. The van der Waals surface area contributed by atoms with Gasteiger partial charge in [-0.3, -0.25) is 9.52 Å². The van der Waals surface area contributed by atoms with E-state index in [1.165, 1.54) is 13.5 Å². The number of aryl methyl sites for hydroxylation is 1. The number of nitrogens with zero attached hydrogens (tertiary/aromatic N) is 1. The monoisotopic (exact) mass is 530 g/mol. The van der Waals surface area contributed by atoms with Crippen molar-refractivity contribution in [1.29, 1.82) is 0 Å². The minimum Gasteiger partial charge on any atom is -0.471 e. The third kappa shape index (κ3) is 6.66. The van der Waals surface area contributed by atoms with Gasteiger partial charge in [-0.1, -0.05) is 31.2 Å². The third-order valence-electron chi connectivity index (χ3n) is 7.23. The van der Waals surface area contributed by atoms with Crippen LogP contribution in [0.2, 0.25) is 0 Å². The van der Waals surface area contributed by atoms with Gasteiger partial charge in [-0.05, 0) is 82.6 Å². The Labute approximate surface area is 221 Å². The zero-order chi connectivity index (χ0) is 27.3. The molecule has 0 bridgehead atoms. The van der Waals surface area contributed by atoms with Crippen LogP contribution in [0.3, 0.4) is 0 Å². The van der Waals surface area contributed by atoms with Gasteiger partial charge in [0.15, 0.2) is 0 Å². The highest BCUT2D eigenvalue weighted by Crippen LogP contribution is 2.37. The number of rotatable bonds is 7. The van der Waals surface area contributed by atoms with Gasteiger partial charge in [0.1, 0.15) is 0 Å². The fraction of sp³-hybridized carbons (Fsp3) is 0.519. The standard InChI is InChI=1S/C25H35BN2O4S.C2H4O2/c1-6-19-12-8-9-13-23(19)33(29,30)27-21-18-20(26-31-24(2,3)25(4,5)32-26)14-15-22(21)28-16-10-7-11-17-28;1-4-2-3/h8-9,12-15,18,27H,6-7,10-11,16-17H2,1-5H3;2H,1H3. The number of carbonyl (C=O) groups is 1. The van der Waals surface area contributed by atoms with E-state index in [4.69, 9.17) is 14.1 Å². The number of hydrogen-bond donors (Lipinski definition) is 1. The molecule has 0 unspecified atom stereocenters. The molecule has 37 heavy (non-hydrogen) atoms. The Morgan fingerprint density at radius 2 is 1.62 bits per heavy atom. The largest absolute Gasteiger partial charge is 0.494 e. The van der Waals surface area contributed by atoms with Crippen LogP contribution < -0.4 is 15.1 Å². The highest BCUT2D eigenvalue weighted by molar-refractivity contribution is 7.92. The molecule has 2 aliphatic heterocycles. The summed E-state index contributed by atoms with van der Waals surface area (Å²) in [7, 11) is -3.01. The summed E-state index contributed by atoms with van der Waals surface area (Å²) in [5, 5.41) is 0. The summed E-state index contributed by atoms with van der Waals surface area (Å²) in [6, 6.07) is 13.0. The average molecular weight is 530 g/mol. The lowest BCUT2D eigenvalue weighted by Gasteiger charge is -2.32. The predicted molar refractivity (Wildman–Crippen MR) is 148 cm³/mol. The molecule has 2 aromatic carbocycles. The lowest BCUT2D eigenvalue weighted by Crippen LogP contribution is -2.41.